The number of rotatable bonds is 8. The molecular weight excluding hydrogens is 455 g/mol. The van der Waals surface area contributed by atoms with Crippen molar-refractivity contribution in [3.05, 3.63) is 81.7 Å². The molecule has 35 heavy (non-hydrogen) atoms. The van der Waals surface area contributed by atoms with Crippen molar-refractivity contribution < 1.29 is 23.8 Å². The molecule has 0 saturated carbocycles. The van der Waals surface area contributed by atoms with E-state index in [1.54, 1.807) is 32.9 Å². The van der Waals surface area contributed by atoms with Gasteiger partial charge in [-0.2, -0.15) is 0 Å². The number of benzene rings is 1. The number of nitrogens with zero attached hydrogens (tertiary/aromatic N) is 2. The highest BCUT2D eigenvalue weighted by molar-refractivity contribution is 6.19. The van der Waals surface area contributed by atoms with Crippen molar-refractivity contribution in [2.24, 2.45) is 5.92 Å². The Hall–Kier alpha value is -3.95. The van der Waals surface area contributed by atoms with E-state index in [0.717, 1.165) is 23.4 Å². The summed E-state index contributed by atoms with van der Waals surface area (Å²) >= 11 is 0. The third-order valence-electron chi connectivity index (χ3n) is 5.34. The van der Waals surface area contributed by atoms with Gasteiger partial charge in [-0.1, -0.05) is 24.3 Å². The molecular formula is C25H29FN4O5. The predicted octanol–water partition coefficient (Wildman–Crippen LogP) is 2.98. The first kappa shape index (κ1) is 25.7. The second kappa shape index (κ2) is 10.5. The lowest BCUT2D eigenvalue weighted by atomic mass is 9.90. The summed E-state index contributed by atoms with van der Waals surface area (Å²) in [6.45, 7) is 6.30. The summed E-state index contributed by atoms with van der Waals surface area (Å²) in [6, 6.07) is 9.54. The summed E-state index contributed by atoms with van der Waals surface area (Å²) in [6.07, 6.45) is 1.96. The van der Waals surface area contributed by atoms with Crippen molar-refractivity contribution in [3.63, 3.8) is 0 Å². The fourth-order valence-electron chi connectivity index (χ4n) is 3.47. The van der Waals surface area contributed by atoms with E-state index in [9.17, 15) is 23.9 Å². The predicted molar refractivity (Wildman–Crippen MR) is 128 cm³/mol. The van der Waals surface area contributed by atoms with E-state index in [0.29, 0.717) is 6.54 Å². The number of halogens is 1. The van der Waals surface area contributed by atoms with Crippen LogP contribution in [0.4, 0.5) is 9.18 Å². The number of ether oxygens (including phenoxy) is 1. The van der Waals surface area contributed by atoms with Gasteiger partial charge >= 0.3 is 12.1 Å². The highest BCUT2D eigenvalue weighted by Crippen LogP contribution is 2.23. The molecule has 2 heterocycles. The fraction of sp³-hybridized carbons (Fsp3) is 0.360. The molecule has 0 aliphatic carbocycles. The minimum absolute atomic E-state index is 0.0549. The molecule has 1 aromatic carbocycles. The molecule has 1 amide bonds. The fourth-order valence-corrected chi connectivity index (χ4v) is 3.47. The first-order chi connectivity index (χ1) is 16.4. The van der Waals surface area contributed by atoms with Gasteiger partial charge < -0.3 is 30.0 Å². The highest BCUT2D eigenvalue weighted by atomic mass is 19.1. The van der Waals surface area contributed by atoms with Crippen molar-refractivity contribution >= 4 is 17.8 Å². The van der Waals surface area contributed by atoms with Gasteiger partial charge in [0.2, 0.25) is 0 Å². The minimum atomic E-state index is -1.23. The molecule has 3 rings (SSSR count). The highest BCUT2D eigenvalue weighted by Gasteiger charge is 2.38. The Balaban J connectivity index is 1.54. The lowest BCUT2D eigenvalue weighted by Crippen LogP contribution is -2.54. The Bertz CT molecular complexity index is 1190. The van der Waals surface area contributed by atoms with Gasteiger partial charge in [0.1, 0.15) is 11.4 Å². The summed E-state index contributed by atoms with van der Waals surface area (Å²) in [7, 11) is 0. The van der Waals surface area contributed by atoms with Gasteiger partial charge in [-0.25, -0.2) is 14.0 Å². The topological polar surface area (TPSA) is 125 Å². The van der Waals surface area contributed by atoms with Gasteiger partial charge in [-0.3, -0.25) is 4.79 Å². The molecule has 0 radical (unpaired) electrons. The molecule has 9 nitrogen and oxygen atoms in total. The van der Waals surface area contributed by atoms with Gasteiger partial charge in [0.15, 0.2) is 0 Å². The first-order valence-corrected chi connectivity index (χ1v) is 11.1. The molecule has 2 aromatic rings. The van der Waals surface area contributed by atoms with Crippen LogP contribution < -0.4 is 10.9 Å². The van der Waals surface area contributed by atoms with E-state index >= 15 is 0 Å². The minimum Gasteiger partial charge on any atom is -0.478 e. The van der Waals surface area contributed by atoms with Crippen LogP contribution >= 0.6 is 0 Å². The van der Waals surface area contributed by atoms with Gasteiger partial charge in [0, 0.05) is 44.0 Å². The van der Waals surface area contributed by atoms with Crippen LogP contribution in [0.5, 0.6) is 0 Å². The second-order valence-electron chi connectivity index (χ2n) is 9.37. The summed E-state index contributed by atoms with van der Waals surface area (Å²) in [5.41, 5.74) is 0.520. The van der Waals surface area contributed by atoms with E-state index < -0.39 is 23.5 Å². The number of carboxylic acids is 1. The quantitative estimate of drug-likeness (QED) is 0.391. The Morgan fingerprint density at radius 2 is 1.80 bits per heavy atom. The molecule has 0 bridgehead atoms. The molecule has 1 fully saturated rings. The molecule has 1 aromatic heterocycles. The van der Waals surface area contributed by atoms with Crippen LogP contribution in [0.25, 0.3) is 0 Å². The van der Waals surface area contributed by atoms with E-state index in [2.05, 4.69) is 5.32 Å². The van der Waals surface area contributed by atoms with Crippen LogP contribution in [-0.4, -0.2) is 51.0 Å². The second-order valence-corrected chi connectivity index (χ2v) is 9.37. The van der Waals surface area contributed by atoms with E-state index in [-0.39, 0.29) is 42.4 Å². The average Bonchev–Trinajstić information content (AvgIpc) is 2.72. The lowest BCUT2D eigenvalue weighted by molar-refractivity contribution is -0.132. The third kappa shape index (κ3) is 7.02. The standard InChI is InChI=1S/C25H29FN4O5/c1-25(2,3)35-24(34)30-13-18(14-30)22(27)20(23(32)33)11-28-10-16-4-6-17(7-5-16)12-29-15-19(26)8-9-21(29)31/h4-9,11,15,18,27-28H,10,12-14H2,1-3H3,(H,32,33)/b20-11+,27-22?. The molecule has 1 aliphatic rings. The van der Waals surface area contributed by atoms with Crippen molar-refractivity contribution in [2.75, 3.05) is 13.1 Å². The average molecular weight is 485 g/mol. The zero-order valence-corrected chi connectivity index (χ0v) is 19.9. The number of carboxylic acid groups (broad SMARTS) is 1. The number of carbonyl (C=O) groups is 2. The van der Waals surface area contributed by atoms with Gasteiger partial charge in [0.25, 0.3) is 5.56 Å². The zero-order valence-electron chi connectivity index (χ0n) is 19.9. The number of carbonyl (C=O) groups excluding carboxylic acids is 1. The number of nitrogens with one attached hydrogen (secondary N) is 2. The number of hydrogen-bond donors (Lipinski definition) is 3. The summed E-state index contributed by atoms with van der Waals surface area (Å²) in [5.74, 6) is -2.09. The number of pyridine rings is 1. The van der Waals surface area contributed by atoms with E-state index in [1.165, 1.54) is 21.7 Å². The summed E-state index contributed by atoms with van der Waals surface area (Å²) in [4.78, 5) is 37.0. The molecule has 186 valence electrons. The van der Waals surface area contributed by atoms with Crippen LogP contribution in [0.15, 0.2) is 59.2 Å². The maximum Gasteiger partial charge on any atom is 0.410 e. The summed E-state index contributed by atoms with van der Waals surface area (Å²) < 4.78 is 19.9. The van der Waals surface area contributed by atoms with Crippen molar-refractivity contribution in [3.8, 4) is 0 Å². The summed E-state index contributed by atoms with van der Waals surface area (Å²) in [5, 5.41) is 20.7. The lowest BCUT2D eigenvalue weighted by Gasteiger charge is -2.40. The molecule has 0 unspecified atom stereocenters. The van der Waals surface area contributed by atoms with Crippen LogP contribution in [0.1, 0.15) is 31.9 Å². The largest absolute Gasteiger partial charge is 0.478 e. The van der Waals surface area contributed by atoms with Gasteiger partial charge in [-0.15, -0.1) is 0 Å². The van der Waals surface area contributed by atoms with Crippen molar-refractivity contribution in [1.82, 2.24) is 14.8 Å². The van der Waals surface area contributed by atoms with E-state index in [4.69, 9.17) is 10.1 Å². The molecule has 3 N–H and O–H groups in total. The molecule has 1 aliphatic heterocycles. The molecule has 1 saturated heterocycles. The Morgan fingerprint density at radius 1 is 1.17 bits per heavy atom. The van der Waals surface area contributed by atoms with Gasteiger partial charge in [0.05, 0.1) is 17.8 Å². The number of likely N-dealkylation sites (tertiary alicyclic amines) is 1. The zero-order chi connectivity index (χ0) is 25.8. The number of amides is 1. The first-order valence-electron chi connectivity index (χ1n) is 11.1. The number of aromatic nitrogens is 1. The number of hydrogen-bond acceptors (Lipinski definition) is 6. The van der Waals surface area contributed by atoms with Crippen LogP contribution in [0.2, 0.25) is 0 Å². The van der Waals surface area contributed by atoms with Crippen LogP contribution in [0.3, 0.4) is 0 Å². The maximum absolute atomic E-state index is 13.4. The van der Waals surface area contributed by atoms with Gasteiger partial charge in [-0.05, 0) is 38.0 Å². The van der Waals surface area contributed by atoms with E-state index in [1.807, 2.05) is 12.1 Å². The molecule has 0 spiro atoms. The molecule has 0 atom stereocenters. The smallest absolute Gasteiger partial charge is 0.410 e. The van der Waals surface area contributed by atoms with Crippen LogP contribution in [0, 0.1) is 17.1 Å². The van der Waals surface area contributed by atoms with Crippen LogP contribution in [-0.2, 0) is 22.6 Å². The third-order valence-corrected chi connectivity index (χ3v) is 5.34. The number of aliphatic carboxylic acids is 1. The molecule has 10 heteroatoms. The SMILES string of the molecule is CC(C)(C)OC(=O)N1CC(C(=N)/C(=C\NCc2ccc(Cn3cc(F)ccc3=O)cc2)C(=O)O)C1. The maximum atomic E-state index is 13.4. The normalized spacial score (nSPS) is 14.3. The van der Waals surface area contributed by atoms with Crippen molar-refractivity contribution in [1.29, 1.82) is 5.41 Å². The Kier molecular flexibility index (Phi) is 7.73. The monoisotopic (exact) mass is 484 g/mol. The Morgan fingerprint density at radius 3 is 2.40 bits per heavy atom. The van der Waals surface area contributed by atoms with Crippen molar-refractivity contribution in [2.45, 2.75) is 39.5 Å². The Labute approximate surface area is 202 Å².